The smallest absolute Gasteiger partial charge is 0.270 e. The van der Waals surface area contributed by atoms with Gasteiger partial charge in [0.15, 0.2) is 5.13 Å². The molecule has 3 aromatic rings. The molecule has 0 aliphatic heterocycles. The molecule has 0 saturated heterocycles. The summed E-state index contributed by atoms with van der Waals surface area (Å²) < 4.78 is 0. The van der Waals surface area contributed by atoms with E-state index in [4.69, 9.17) is 0 Å². The van der Waals surface area contributed by atoms with Crippen molar-refractivity contribution < 1.29 is 14.5 Å². The van der Waals surface area contributed by atoms with Gasteiger partial charge < -0.3 is 10.6 Å². The number of rotatable bonds is 8. The van der Waals surface area contributed by atoms with Gasteiger partial charge in [-0.1, -0.05) is 39.0 Å². The number of thioether (sulfide) groups is 1. The number of carbonyl (C=O) groups is 2. The van der Waals surface area contributed by atoms with Gasteiger partial charge in [-0.25, -0.2) is 4.98 Å². The zero-order valence-corrected chi connectivity index (χ0v) is 21.0. The molecule has 0 spiro atoms. The molecule has 0 fully saturated rings. The van der Waals surface area contributed by atoms with Crippen LogP contribution in [0.3, 0.4) is 0 Å². The van der Waals surface area contributed by atoms with Crippen molar-refractivity contribution >= 4 is 51.4 Å². The highest BCUT2D eigenvalue weighted by molar-refractivity contribution is 8.00. The number of non-ortho nitro benzene ring substituents is 1. The first-order chi connectivity index (χ1) is 16.0. The molecule has 2 N–H and O–H groups in total. The van der Waals surface area contributed by atoms with Gasteiger partial charge >= 0.3 is 0 Å². The predicted molar refractivity (Wildman–Crippen MR) is 137 cm³/mol. The highest BCUT2D eigenvalue weighted by atomic mass is 32.2. The summed E-state index contributed by atoms with van der Waals surface area (Å²) in [6.07, 6.45) is 0.412. The lowest BCUT2D eigenvalue weighted by molar-refractivity contribution is -0.384. The van der Waals surface area contributed by atoms with Crippen LogP contribution in [0.25, 0.3) is 11.3 Å². The Morgan fingerprint density at radius 1 is 1.15 bits per heavy atom. The number of amides is 2. The van der Waals surface area contributed by atoms with E-state index in [1.165, 1.54) is 35.2 Å². The third kappa shape index (κ3) is 7.39. The van der Waals surface area contributed by atoms with Crippen LogP contribution in [0.4, 0.5) is 16.5 Å². The molecule has 1 aromatic heterocycles. The summed E-state index contributed by atoms with van der Waals surface area (Å²) >= 11 is 2.63. The fourth-order valence-electron chi connectivity index (χ4n) is 3.04. The maximum Gasteiger partial charge on any atom is 0.270 e. The van der Waals surface area contributed by atoms with Crippen LogP contribution in [0, 0.1) is 15.5 Å². The van der Waals surface area contributed by atoms with Crippen molar-refractivity contribution in [2.75, 3.05) is 10.6 Å². The number of nitrogens with one attached hydrogen (secondary N) is 2. The van der Waals surface area contributed by atoms with Crippen LogP contribution < -0.4 is 10.6 Å². The van der Waals surface area contributed by atoms with Gasteiger partial charge in [-0.15, -0.1) is 23.1 Å². The lowest BCUT2D eigenvalue weighted by Crippen LogP contribution is -2.22. The molecule has 2 aromatic carbocycles. The SMILES string of the molecule is CC(Sc1cccc(NC(=O)CC(C)(C)C)c1)C(=O)Nc1nc(-c2cccc([N+](=O)[O-])c2)cs1. The number of benzene rings is 2. The number of nitrogens with zero attached hydrogens (tertiary/aromatic N) is 2. The lowest BCUT2D eigenvalue weighted by Gasteiger charge is -2.17. The standard InChI is InChI=1S/C24H26N4O4S2/c1-15(34-19-10-6-8-17(12-19)25-21(29)13-24(2,3)4)22(30)27-23-26-20(14-33-23)16-7-5-9-18(11-16)28(31)32/h5-12,14-15H,13H2,1-4H3,(H,25,29)(H,26,27,30). The molecule has 1 atom stereocenters. The van der Waals surface area contributed by atoms with E-state index >= 15 is 0 Å². The molecule has 10 heteroatoms. The number of nitro benzene ring substituents is 1. The van der Waals surface area contributed by atoms with Gasteiger partial charge in [-0.05, 0) is 30.5 Å². The average Bonchev–Trinajstić information content (AvgIpc) is 3.21. The van der Waals surface area contributed by atoms with Gasteiger partial charge in [-0.3, -0.25) is 19.7 Å². The zero-order valence-electron chi connectivity index (χ0n) is 19.3. The van der Waals surface area contributed by atoms with E-state index in [-0.39, 0.29) is 22.9 Å². The van der Waals surface area contributed by atoms with Crippen LogP contribution >= 0.6 is 23.1 Å². The molecule has 34 heavy (non-hydrogen) atoms. The van der Waals surface area contributed by atoms with E-state index in [0.717, 1.165) is 4.90 Å². The van der Waals surface area contributed by atoms with Crippen LogP contribution in [0.15, 0.2) is 58.8 Å². The van der Waals surface area contributed by atoms with E-state index in [1.54, 1.807) is 24.4 Å². The van der Waals surface area contributed by atoms with E-state index in [2.05, 4.69) is 15.6 Å². The summed E-state index contributed by atoms with van der Waals surface area (Å²) in [6, 6.07) is 13.6. The third-order valence-corrected chi connectivity index (χ3v) is 6.43. The van der Waals surface area contributed by atoms with E-state index in [9.17, 15) is 19.7 Å². The second-order valence-corrected chi connectivity index (χ2v) is 11.2. The quantitative estimate of drug-likeness (QED) is 0.217. The monoisotopic (exact) mass is 498 g/mol. The Kier molecular flexibility index (Phi) is 8.06. The maximum absolute atomic E-state index is 12.7. The number of hydrogen-bond acceptors (Lipinski definition) is 7. The highest BCUT2D eigenvalue weighted by Gasteiger charge is 2.19. The molecule has 2 amide bonds. The minimum absolute atomic E-state index is 0.0158. The minimum atomic E-state index is -0.456. The number of hydrogen-bond donors (Lipinski definition) is 2. The van der Waals surface area contributed by atoms with Crippen molar-refractivity contribution in [2.24, 2.45) is 5.41 Å². The zero-order chi connectivity index (χ0) is 24.9. The molecular formula is C24H26N4O4S2. The van der Waals surface area contributed by atoms with Crippen molar-refractivity contribution in [1.82, 2.24) is 4.98 Å². The van der Waals surface area contributed by atoms with E-state index in [1.807, 2.05) is 45.0 Å². The Balaban J connectivity index is 1.60. The first-order valence-corrected chi connectivity index (χ1v) is 12.3. The Labute approximate surface area is 206 Å². The maximum atomic E-state index is 12.7. The lowest BCUT2D eigenvalue weighted by atomic mass is 9.92. The number of aromatic nitrogens is 1. The van der Waals surface area contributed by atoms with Crippen LogP contribution in [-0.4, -0.2) is 27.0 Å². The Hall–Kier alpha value is -3.24. The summed E-state index contributed by atoms with van der Waals surface area (Å²) in [4.78, 5) is 40.7. The van der Waals surface area contributed by atoms with Crippen molar-refractivity contribution in [3.63, 3.8) is 0 Å². The number of carbonyl (C=O) groups excluding carboxylic acids is 2. The molecule has 178 valence electrons. The van der Waals surface area contributed by atoms with Crippen molar-refractivity contribution in [3.8, 4) is 11.3 Å². The Morgan fingerprint density at radius 3 is 2.59 bits per heavy atom. The predicted octanol–water partition coefficient (Wildman–Crippen LogP) is 6.21. The molecular weight excluding hydrogens is 472 g/mol. The summed E-state index contributed by atoms with van der Waals surface area (Å²) in [5.74, 6) is -0.268. The molecule has 0 radical (unpaired) electrons. The molecule has 0 saturated carbocycles. The minimum Gasteiger partial charge on any atom is -0.326 e. The third-order valence-electron chi connectivity index (χ3n) is 4.58. The molecule has 0 bridgehead atoms. The summed E-state index contributed by atoms with van der Waals surface area (Å²) in [7, 11) is 0. The highest BCUT2D eigenvalue weighted by Crippen LogP contribution is 2.30. The largest absolute Gasteiger partial charge is 0.326 e. The van der Waals surface area contributed by atoms with Crippen LogP contribution in [0.2, 0.25) is 0 Å². The summed E-state index contributed by atoms with van der Waals surface area (Å²) in [5, 5.41) is 18.5. The van der Waals surface area contributed by atoms with Crippen LogP contribution in [0.5, 0.6) is 0 Å². The van der Waals surface area contributed by atoms with E-state index < -0.39 is 10.2 Å². The van der Waals surface area contributed by atoms with Crippen molar-refractivity contribution in [3.05, 3.63) is 64.0 Å². The molecule has 3 rings (SSSR count). The Bertz CT molecular complexity index is 1200. The second-order valence-electron chi connectivity index (χ2n) is 8.91. The van der Waals surface area contributed by atoms with Gasteiger partial charge in [0, 0.05) is 40.1 Å². The number of thiazole rings is 1. The fraction of sp³-hybridized carbons (Fsp3) is 0.292. The molecule has 1 heterocycles. The van der Waals surface area contributed by atoms with Crippen LogP contribution in [-0.2, 0) is 9.59 Å². The van der Waals surface area contributed by atoms with Gasteiger partial charge in [0.2, 0.25) is 11.8 Å². The van der Waals surface area contributed by atoms with Crippen molar-refractivity contribution in [2.45, 2.75) is 44.3 Å². The summed E-state index contributed by atoms with van der Waals surface area (Å²) in [6.45, 7) is 7.82. The van der Waals surface area contributed by atoms with E-state index in [0.29, 0.717) is 28.5 Å². The topological polar surface area (TPSA) is 114 Å². The molecule has 0 aliphatic rings. The Morgan fingerprint density at radius 2 is 1.88 bits per heavy atom. The first-order valence-electron chi connectivity index (χ1n) is 10.6. The van der Waals surface area contributed by atoms with Gasteiger partial charge in [0.25, 0.3) is 5.69 Å². The summed E-state index contributed by atoms with van der Waals surface area (Å²) in [5.41, 5.74) is 1.74. The normalized spacial score (nSPS) is 12.1. The van der Waals surface area contributed by atoms with Crippen LogP contribution in [0.1, 0.15) is 34.1 Å². The number of nitro groups is 1. The first kappa shape index (κ1) is 25.4. The fourth-order valence-corrected chi connectivity index (χ4v) is 4.69. The molecule has 1 unspecified atom stereocenters. The van der Waals surface area contributed by atoms with Gasteiger partial charge in [0.05, 0.1) is 15.9 Å². The second kappa shape index (κ2) is 10.8. The number of anilines is 2. The van der Waals surface area contributed by atoms with Gasteiger partial charge in [-0.2, -0.15) is 0 Å². The average molecular weight is 499 g/mol. The molecule has 8 nitrogen and oxygen atoms in total. The van der Waals surface area contributed by atoms with Gasteiger partial charge in [0.1, 0.15) is 0 Å². The van der Waals surface area contributed by atoms with Crippen molar-refractivity contribution in [1.29, 1.82) is 0 Å². The molecule has 0 aliphatic carbocycles.